The lowest BCUT2D eigenvalue weighted by atomic mass is 10.2. The Balaban J connectivity index is 1.47. The average Bonchev–Trinajstić information content (AvgIpc) is 3.38. The van der Waals surface area contributed by atoms with Gasteiger partial charge < -0.3 is 14.4 Å². The lowest BCUT2D eigenvalue weighted by molar-refractivity contribution is 0.399. The Labute approximate surface area is 157 Å². The summed E-state index contributed by atoms with van der Waals surface area (Å²) in [4.78, 5) is 5.33. The fourth-order valence-corrected chi connectivity index (χ4v) is 3.35. The molecule has 0 atom stereocenters. The lowest BCUT2D eigenvalue weighted by Gasteiger charge is -2.02. The number of halogens is 1. The van der Waals surface area contributed by atoms with Crippen molar-refractivity contribution in [3.05, 3.63) is 45.9 Å². The SMILES string of the molecule is Cc1cc(-c2nn(C)c(Cl)c2CNCc2noc(-c3cccs3)n2)no1. The minimum atomic E-state index is 0.442. The molecule has 0 amide bonds. The number of nitrogens with zero attached hydrogens (tertiary/aromatic N) is 5. The zero-order chi connectivity index (χ0) is 18.1. The van der Waals surface area contributed by atoms with E-state index in [0.717, 1.165) is 10.4 Å². The summed E-state index contributed by atoms with van der Waals surface area (Å²) in [6, 6.07) is 5.71. The van der Waals surface area contributed by atoms with E-state index in [2.05, 4.69) is 25.7 Å². The van der Waals surface area contributed by atoms with Crippen LogP contribution in [0.25, 0.3) is 22.2 Å². The van der Waals surface area contributed by atoms with E-state index in [1.54, 1.807) is 23.1 Å². The Kier molecular flexibility index (Phi) is 4.58. The summed E-state index contributed by atoms with van der Waals surface area (Å²) in [6.07, 6.45) is 0. The maximum atomic E-state index is 6.38. The van der Waals surface area contributed by atoms with Crippen molar-refractivity contribution >= 4 is 22.9 Å². The Morgan fingerprint density at radius 3 is 2.88 bits per heavy atom. The molecule has 0 saturated carbocycles. The van der Waals surface area contributed by atoms with E-state index in [0.29, 0.717) is 47.1 Å². The first-order valence-electron chi connectivity index (χ1n) is 7.84. The van der Waals surface area contributed by atoms with Crippen LogP contribution in [0.15, 0.2) is 32.6 Å². The van der Waals surface area contributed by atoms with Gasteiger partial charge in [-0.2, -0.15) is 10.1 Å². The number of thiophene rings is 1. The Bertz CT molecular complexity index is 1020. The molecule has 0 bridgehead atoms. The molecule has 4 aromatic heterocycles. The van der Waals surface area contributed by atoms with Gasteiger partial charge in [0.15, 0.2) is 5.82 Å². The van der Waals surface area contributed by atoms with Gasteiger partial charge in [0.25, 0.3) is 5.89 Å². The number of hydrogen-bond donors (Lipinski definition) is 1. The van der Waals surface area contributed by atoms with Gasteiger partial charge in [-0.15, -0.1) is 11.3 Å². The highest BCUT2D eigenvalue weighted by Gasteiger charge is 2.19. The van der Waals surface area contributed by atoms with Crippen LogP contribution in [-0.4, -0.2) is 25.1 Å². The molecule has 0 saturated heterocycles. The maximum absolute atomic E-state index is 6.38. The topological polar surface area (TPSA) is 94.8 Å². The van der Waals surface area contributed by atoms with Gasteiger partial charge in [-0.05, 0) is 18.4 Å². The highest BCUT2D eigenvalue weighted by molar-refractivity contribution is 7.13. The minimum Gasteiger partial charge on any atom is -0.361 e. The highest BCUT2D eigenvalue weighted by atomic mass is 35.5. The van der Waals surface area contributed by atoms with Crippen LogP contribution in [0.3, 0.4) is 0 Å². The van der Waals surface area contributed by atoms with Crippen molar-refractivity contribution in [2.75, 3.05) is 0 Å². The first-order chi connectivity index (χ1) is 12.6. The van der Waals surface area contributed by atoms with Gasteiger partial charge in [0.05, 0.1) is 11.4 Å². The molecule has 0 aliphatic rings. The Morgan fingerprint density at radius 2 is 2.15 bits per heavy atom. The molecule has 8 nitrogen and oxygen atoms in total. The number of aryl methyl sites for hydroxylation is 2. The largest absolute Gasteiger partial charge is 0.361 e. The van der Waals surface area contributed by atoms with Gasteiger partial charge in [0.1, 0.15) is 22.3 Å². The molecule has 0 aliphatic heterocycles. The first-order valence-corrected chi connectivity index (χ1v) is 9.10. The molecule has 4 rings (SSSR count). The summed E-state index contributed by atoms with van der Waals surface area (Å²) in [6.45, 7) is 2.76. The summed E-state index contributed by atoms with van der Waals surface area (Å²) in [7, 11) is 1.79. The van der Waals surface area contributed by atoms with Crippen molar-refractivity contribution in [1.29, 1.82) is 0 Å². The van der Waals surface area contributed by atoms with E-state index in [1.807, 2.05) is 30.5 Å². The third kappa shape index (κ3) is 3.28. The van der Waals surface area contributed by atoms with Crippen LogP contribution >= 0.6 is 22.9 Å². The fraction of sp³-hybridized carbons (Fsp3) is 0.250. The standard InChI is InChI=1S/C16H15ClN6O2S/c1-9-6-11(21-24-9)14-10(15(17)23(2)20-14)7-18-8-13-19-16(25-22-13)12-4-3-5-26-12/h3-6,18H,7-8H2,1-2H3. The number of nitrogens with one attached hydrogen (secondary N) is 1. The van der Waals surface area contributed by atoms with Crippen LogP contribution in [0.4, 0.5) is 0 Å². The number of hydrogen-bond acceptors (Lipinski definition) is 8. The summed E-state index contributed by atoms with van der Waals surface area (Å²) < 4.78 is 12.0. The minimum absolute atomic E-state index is 0.442. The molecule has 1 N–H and O–H groups in total. The van der Waals surface area contributed by atoms with Crippen LogP contribution in [0.5, 0.6) is 0 Å². The summed E-state index contributed by atoms with van der Waals surface area (Å²) in [5, 5.41) is 18.2. The second-order valence-corrected chi connectivity index (χ2v) is 6.97. The molecule has 0 fully saturated rings. The van der Waals surface area contributed by atoms with Crippen LogP contribution < -0.4 is 5.32 Å². The molecule has 26 heavy (non-hydrogen) atoms. The van der Waals surface area contributed by atoms with E-state index < -0.39 is 0 Å². The second-order valence-electron chi connectivity index (χ2n) is 5.66. The molecule has 0 aromatic carbocycles. The van der Waals surface area contributed by atoms with Crippen LogP contribution in [0.1, 0.15) is 17.1 Å². The van der Waals surface area contributed by atoms with Crippen molar-refractivity contribution in [3.8, 4) is 22.2 Å². The molecule has 4 aromatic rings. The van der Waals surface area contributed by atoms with E-state index in [4.69, 9.17) is 20.6 Å². The third-order valence-electron chi connectivity index (χ3n) is 3.72. The number of rotatable bonds is 6. The van der Waals surface area contributed by atoms with Gasteiger partial charge >= 0.3 is 0 Å². The van der Waals surface area contributed by atoms with Crippen LogP contribution in [-0.2, 0) is 20.1 Å². The molecule has 0 unspecified atom stereocenters. The molecule has 0 radical (unpaired) electrons. The van der Waals surface area contributed by atoms with Crippen molar-refractivity contribution < 1.29 is 9.05 Å². The average molecular weight is 391 g/mol. The van der Waals surface area contributed by atoms with Crippen LogP contribution in [0, 0.1) is 6.92 Å². The van der Waals surface area contributed by atoms with Gasteiger partial charge in [-0.3, -0.25) is 4.68 Å². The quantitative estimate of drug-likeness (QED) is 0.538. The monoisotopic (exact) mass is 390 g/mol. The van der Waals surface area contributed by atoms with Crippen LogP contribution in [0.2, 0.25) is 5.15 Å². The highest BCUT2D eigenvalue weighted by Crippen LogP contribution is 2.28. The molecule has 4 heterocycles. The van der Waals surface area contributed by atoms with Crippen molar-refractivity contribution in [1.82, 2.24) is 30.4 Å². The lowest BCUT2D eigenvalue weighted by Crippen LogP contribution is -2.14. The predicted molar refractivity (Wildman–Crippen MR) is 96.6 cm³/mol. The molecular formula is C16H15ClN6O2S. The van der Waals surface area contributed by atoms with Gasteiger partial charge in [0, 0.05) is 25.2 Å². The van der Waals surface area contributed by atoms with E-state index in [9.17, 15) is 0 Å². The summed E-state index contributed by atoms with van der Waals surface area (Å²) in [5.41, 5.74) is 2.18. The van der Waals surface area contributed by atoms with Crippen molar-refractivity contribution in [2.45, 2.75) is 20.0 Å². The van der Waals surface area contributed by atoms with Gasteiger partial charge in [0.2, 0.25) is 0 Å². The molecule has 134 valence electrons. The van der Waals surface area contributed by atoms with Gasteiger partial charge in [-0.1, -0.05) is 28.0 Å². The maximum Gasteiger partial charge on any atom is 0.268 e. The normalized spacial score (nSPS) is 11.3. The molecule has 0 aliphatic carbocycles. The first kappa shape index (κ1) is 17.0. The summed E-state index contributed by atoms with van der Waals surface area (Å²) >= 11 is 7.93. The summed E-state index contributed by atoms with van der Waals surface area (Å²) in [5.74, 6) is 1.82. The fourth-order valence-electron chi connectivity index (χ4n) is 2.51. The Morgan fingerprint density at radius 1 is 1.27 bits per heavy atom. The smallest absolute Gasteiger partial charge is 0.268 e. The molecular weight excluding hydrogens is 376 g/mol. The zero-order valence-electron chi connectivity index (χ0n) is 14.1. The van der Waals surface area contributed by atoms with E-state index in [1.165, 1.54) is 0 Å². The Hall–Kier alpha value is -2.49. The zero-order valence-corrected chi connectivity index (χ0v) is 15.6. The van der Waals surface area contributed by atoms with Gasteiger partial charge in [-0.25, -0.2) is 0 Å². The van der Waals surface area contributed by atoms with Crippen molar-refractivity contribution in [3.63, 3.8) is 0 Å². The van der Waals surface area contributed by atoms with E-state index >= 15 is 0 Å². The third-order valence-corrected chi connectivity index (χ3v) is 5.06. The molecule has 10 heteroatoms. The number of aromatic nitrogens is 5. The second kappa shape index (κ2) is 7.02. The van der Waals surface area contributed by atoms with E-state index in [-0.39, 0.29) is 0 Å². The molecule has 0 spiro atoms. The van der Waals surface area contributed by atoms with Crippen molar-refractivity contribution in [2.24, 2.45) is 7.05 Å². The predicted octanol–water partition coefficient (Wildman–Crippen LogP) is 3.44.